The molecule has 0 aromatic carbocycles. The lowest BCUT2D eigenvalue weighted by Crippen LogP contribution is -1.79. The Balaban J connectivity index is 2.84. The fraction of sp³-hybridized carbons (Fsp3) is 0.300. The lowest BCUT2D eigenvalue weighted by molar-refractivity contribution is 0.913. The van der Waals surface area contributed by atoms with Gasteiger partial charge >= 0.3 is 0 Å². The van der Waals surface area contributed by atoms with E-state index in [0.717, 1.165) is 5.69 Å². The molecule has 0 radical (unpaired) electrons. The Hall–Kier alpha value is -1.31. The Bertz CT molecular complexity index is 305. The molecule has 0 aliphatic rings. The topological polar surface area (TPSA) is 17.8 Å². The van der Waals surface area contributed by atoms with Gasteiger partial charge in [-0.1, -0.05) is 18.2 Å². The number of aromatic nitrogens is 2. The van der Waals surface area contributed by atoms with Gasteiger partial charge in [-0.15, -0.1) is 0 Å². The summed E-state index contributed by atoms with van der Waals surface area (Å²) in [7, 11) is 1.97. The van der Waals surface area contributed by atoms with Crippen LogP contribution in [0, 0.1) is 0 Å². The smallest absolute Gasteiger partial charge is 0.0951 e. The molecule has 0 spiro atoms. The van der Waals surface area contributed by atoms with E-state index in [4.69, 9.17) is 0 Å². The van der Waals surface area contributed by atoms with Gasteiger partial charge in [-0.25, -0.2) is 4.98 Å². The molecule has 1 aromatic rings. The average Bonchev–Trinajstić information content (AvgIpc) is 2.47. The van der Waals surface area contributed by atoms with Crippen molar-refractivity contribution in [1.29, 1.82) is 0 Å². The van der Waals surface area contributed by atoms with Gasteiger partial charge in [0.05, 0.1) is 12.0 Å². The number of hydrogen-bond acceptors (Lipinski definition) is 1. The van der Waals surface area contributed by atoms with Crippen LogP contribution in [0.25, 0.3) is 5.57 Å². The number of imidazole rings is 1. The highest BCUT2D eigenvalue weighted by molar-refractivity contribution is 5.61. The zero-order valence-electron chi connectivity index (χ0n) is 7.78. The number of allylic oxidation sites excluding steroid dienone is 4. The summed E-state index contributed by atoms with van der Waals surface area (Å²) in [5.41, 5.74) is 2.23. The average molecular weight is 162 g/mol. The maximum atomic E-state index is 4.23. The van der Waals surface area contributed by atoms with Crippen molar-refractivity contribution in [3.8, 4) is 0 Å². The molecule has 0 atom stereocenters. The minimum absolute atomic E-state index is 1.04. The summed E-state index contributed by atoms with van der Waals surface area (Å²) < 4.78 is 1.95. The molecule has 2 nitrogen and oxygen atoms in total. The monoisotopic (exact) mass is 162 g/mol. The van der Waals surface area contributed by atoms with E-state index in [9.17, 15) is 0 Å². The SMILES string of the molecule is C/C=C\C=C(/C)c1cn(C)cn1. The van der Waals surface area contributed by atoms with E-state index in [0.29, 0.717) is 0 Å². The first kappa shape index (κ1) is 8.78. The third-order valence-electron chi connectivity index (χ3n) is 1.65. The molecular formula is C10H14N2. The number of nitrogens with zero attached hydrogens (tertiary/aromatic N) is 2. The van der Waals surface area contributed by atoms with Gasteiger partial charge in [-0.05, 0) is 19.4 Å². The van der Waals surface area contributed by atoms with E-state index in [1.807, 2.05) is 43.2 Å². The van der Waals surface area contributed by atoms with E-state index >= 15 is 0 Å². The molecule has 1 heterocycles. The zero-order valence-corrected chi connectivity index (χ0v) is 7.78. The quantitative estimate of drug-likeness (QED) is 0.610. The van der Waals surface area contributed by atoms with Crippen LogP contribution in [0.3, 0.4) is 0 Å². The van der Waals surface area contributed by atoms with Crippen molar-refractivity contribution in [2.45, 2.75) is 13.8 Å². The molecule has 0 aliphatic heterocycles. The van der Waals surface area contributed by atoms with Crippen molar-refractivity contribution in [2.24, 2.45) is 7.05 Å². The normalized spacial score (nSPS) is 12.8. The summed E-state index contributed by atoms with van der Waals surface area (Å²) in [6, 6.07) is 0. The molecule has 0 unspecified atom stereocenters. The molecule has 0 saturated heterocycles. The highest BCUT2D eigenvalue weighted by atomic mass is 15.0. The Morgan fingerprint density at radius 1 is 1.58 bits per heavy atom. The molecule has 64 valence electrons. The van der Waals surface area contributed by atoms with Gasteiger partial charge < -0.3 is 4.57 Å². The minimum Gasteiger partial charge on any atom is -0.340 e. The second-order valence-corrected chi connectivity index (χ2v) is 2.80. The van der Waals surface area contributed by atoms with Gasteiger partial charge in [0.15, 0.2) is 0 Å². The molecule has 0 bridgehead atoms. The molecule has 2 heteroatoms. The first-order chi connectivity index (χ1) is 5.74. The lowest BCUT2D eigenvalue weighted by atomic mass is 10.2. The lowest BCUT2D eigenvalue weighted by Gasteiger charge is -1.91. The van der Waals surface area contributed by atoms with E-state index in [1.165, 1.54) is 5.57 Å². The number of hydrogen-bond donors (Lipinski definition) is 0. The first-order valence-corrected chi connectivity index (χ1v) is 4.02. The fourth-order valence-electron chi connectivity index (χ4n) is 0.942. The predicted octanol–water partition coefficient (Wildman–Crippen LogP) is 2.40. The Morgan fingerprint density at radius 2 is 2.33 bits per heavy atom. The summed E-state index contributed by atoms with van der Waals surface area (Å²) in [5, 5.41) is 0. The van der Waals surface area contributed by atoms with E-state index in [-0.39, 0.29) is 0 Å². The van der Waals surface area contributed by atoms with Crippen molar-refractivity contribution in [3.05, 3.63) is 36.4 Å². The third-order valence-corrected chi connectivity index (χ3v) is 1.65. The van der Waals surface area contributed by atoms with Gasteiger partial charge in [-0.3, -0.25) is 0 Å². The first-order valence-electron chi connectivity index (χ1n) is 4.02. The molecule has 0 amide bonds. The summed E-state index contributed by atoms with van der Waals surface area (Å²) in [6.45, 7) is 4.06. The van der Waals surface area contributed by atoms with Crippen LogP contribution in [-0.2, 0) is 7.05 Å². The van der Waals surface area contributed by atoms with Gasteiger partial charge in [0.25, 0.3) is 0 Å². The predicted molar refractivity (Wildman–Crippen MR) is 51.7 cm³/mol. The highest BCUT2D eigenvalue weighted by Gasteiger charge is 1.96. The second-order valence-electron chi connectivity index (χ2n) is 2.80. The van der Waals surface area contributed by atoms with Crippen molar-refractivity contribution in [2.75, 3.05) is 0 Å². The van der Waals surface area contributed by atoms with Crippen molar-refractivity contribution in [3.63, 3.8) is 0 Å². The summed E-state index contributed by atoms with van der Waals surface area (Å²) in [4.78, 5) is 4.23. The van der Waals surface area contributed by atoms with Crippen LogP contribution in [0.5, 0.6) is 0 Å². The largest absolute Gasteiger partial charge is 0.340 e. The molecule has 0 fully saturated rings. The van der Waals surface area contributed by atoms with Crippen LogP contribution in [0.1, 0.15) is 19.5 Å². The fourth-order valence-corrected chi connectivity index (χ4v) is 0.942. The van der Waals surface area contributed by atoms with Crippen LogP contribution >= 0.6 is 0 Å². The van der Waals surface area contributed by atoms with E-state index in [2.05, 4.69) is 18.0 Å². The highest BCUT2D eigenvalue weighted by Crippen LogP contribution is 2.09. The van der Waals surface area contributed by atoms with Crippen LogP contribution in [0.4, 0.5) is 0 Å². The van der Waals surface area contributed by atoms with Gasteiger partial charge in [-0.2, -0.15) is 0 Å². The maximum absolute atomic E-state index is 4.23. The zero-order chi connectivity index (χ0) is 8.97. The number of rotatable bonds is 2. The van der Waals surface area contributed by atoms with Crippen molar-refractivity contribution in [1.82, 2.24) is 9.55 Å². The van der Waals surface area contributed by atoms with Crippen molar-refractivity contribution < 1.29 is 0 Å². The number of aryl methyl sites for hydroxylation is 1. The summed E-state index contributed by atoms with van der Waals surface area (Å²) >= 11 is 0. The van der Waals surface area contributed by atoms with Crippen LogP contribution in [0.15, 0.2) is 30.8 Å². The molecule has 0 saturated carbocycles. The molecule has 0 aliphatic carbocycles. The van der Waals surface area contributed by atoms with E-state index < -0.39 is 0 Å². The van der Waals surface area contributed by atoms with Gasteiger partial charge in [0.2, 0.25) is 0 Å². The molecule has 1 rings (SSSR count). The van der Waals surface area contributed by atoms with Crippen molar-refractivity contribution >= 4 is 5.57 Å². The molecule has 12 heavy (non-hydrogen) atoms. The third kappa shape index (κ3) is 2.09. The molecule has 0 N–H and O–H groups in total. The Kier molecular flexibility index (Phi) is 2.86. The van der Waals surface area contributed by atoms with Crippen LogP contribution < -0.4 is 0 Å². The van der Waals surface area contributed by atoms with Crippen LogP contribution in [0.2, 0.25) is 0 Å². The summed E-state index contributed by atoms with van der Waals surface area (Å²) in [6.07, 6.45) is 9.90. The summed E-state index contributed by atoms with van der Waals surface area (Å²) in [5.74, 6) is 0. The van der Waals surface area contributed by atoms with Gasteiger partial charge in [0, 0.05) is 13.2 Å². The maximum Gasteiger partial charge on any atom is 0.0951 e. The second kappa shape index (κ2) is 3.90. The standard InChI is InChI=1S/C10H14N2/c1-4-5-6-9(2)10-7-12(3)8-11-10/h4-8H,1-3H3/b5-4-,9-6+. The van der Waals surface area contributed by atoms with Crippen LogP contribution in [-0.4, -0.2) is 9.55 Å². The van der Waals surface area contributed by atoms with Gasteiger partial charge in [0.1, 0.15) is 0 Å². The minimum atomic E-state index is 1.04. The Labute approximate surface area is 73.2 Å². The Morgan fingerprint density at radius 3 is 2.83 bits per heavy atom. The van der Waals surface area contributed by atoms with E-state index in [1.54, 1.807) is 0 Å². The molecule has 1 aromatic heterocycles. The molecular weight excluding hydrogens is 148 g/mol.